The van der Waals surface area contributed by atoms with Gasteiger partial charge >= 0.3 is 0 Å². The lowest BCUT2D eigenvalue weighted by molar-refractivity contribution is 0.237. The third-order valence-electron chi connectivity index (χ3n) is 2.78. The Kier molecular flexibility index (Phi) is 2.83. The lowest BCUT2D eigenvalue weighted by Crippen LogP contribution is -2.12. The summed E-state index contributed by atoms with van der Waals surface area (Å²) in [5.74, 6) is 0.711. The highest BCUT2D eigenvalue weighted by Crippen LogP contribution is 2.48. The summed E-state index contributed by atoms with van der Waals surface area (Å²) in [4.78, 5) is 0. The number of nitrogens with zero attached hydrogens (tertiary/aromatic N) is 1. The number of halogens is 1. The van der Waals surface area contributed by atoms with E-state index in [1.54, 1.807) is 6.07 Å². The molecule has 2 rings (SSSR count). The predicted molar refractivity (Wildman–Crippen MR) is 58.8 cm³/mol. The highest BCUT2D eigenvalue weighted by atomic mass is 35.5. The van der Waals surface area contributed by atoms with Crippen LogP contribution in [0.4, 0.5) is 0 Å². The topological polar surface area (TPSA) is 33.0 Å². The van der Waals surface area contributed by atoms with Crippen molar-refractivity contribution in [1.29, 1.82) is 5.26 Å². The molecule has 0 bridgehead atoms. The molecule has 0 saturated heterocycles. The first-order valence-corrected chi connectivity index (χ1v) is 5.38. The Balaban J connectivity index is 1.94. The lowest BCUT2D eigenvalue weighted by Gasteiger charge is -2.13. The molecular weight excluding hydrogens is 210 g/mol. The highest BCUT2D eigenvalue weighted by Gasteiger charge is 2.43. The van der Waals surface area contributed by atoms with E-state index in [1.807, 2.05) is 18.2 Å². The van der Waals surface area contributed by atoms with Crippen LogP contribution in [0.1, 0.15) is 19.3 Å². The fourth-order valence-electron chi connectivity index (χ4n) is 1.51. The minimum absolute atomic E-state index is 0.105. The summed E-state index contributed by atoms with van der Waals surface area (Å²) in [5, 5.41) is 9.29. The Morgan fingerprint density at radius 1 is 1.40 bits per heavy atom. The van der Waals surface area contributed by atoms with Gasteiger partial charge in [-0.25, -0.2) is 0 Å². The molecule has 1 fully saturated rings. The zero-order valence-corrected chi connectivity index (χ0v) is 9.13. The molecule has 1 saturated carbocycles. The molecule has 1 aromatic rings. The number of ether oxygens (including phenoxy) is 1. The van der Waals surface area contributed by atoms with Crippen molar-refractivity contribution < 1.29 is 4.74 Å². The van der Waals surface area contributed by atoms with Crippen LogP contribution in [0.2, 0.25) is 5.02 Å². The fraction of sp³-hybridized carbons (Fsp3) is 0.417. The van der Waals surface area contributed by atoms with Gasteiger partial charge in [-0.2, -0.15) is 5.26 Å². The van der Waals surface area contributed by atoms with E-state index in [-0.39, 0.29) is 5.41 Å². The van der Waals surface area contributed by atoms with Gasteiger partial charge in [0.25, 0.3) is 0 Å². The fourth-order valence-corrected chi connectivity index (χ4v) is 1.70. The average molecular weight is 222 g/mol. The Hall–Kier alpha value is -1.20. The standard InChI is InChI=1S/C12H12ClNO/c13-10-3-1-2-4-11(10)15-9-12(5-6-12)7-8-14/h1-4H,5-7,9H2. The maximum atomic E-state index is 8.66. The smallest absolute Gasteiger partial charge is 0.137 e. The minimum Gasteiger partial charge on any atom is -0.491 e. The molecule has 0 aliphatic heterocycles. The zero-order chi connectivity index (χ0) is 10.7. The van der Waals surface area contributed by atoms with Crippen molar-refractivity contribution in [3.63, 3.8) is 0 Å². The van der Waals surface area contributed by atoms with Crippen LogP contribution in [0.5, 0.6) is 5.75 Å². The maximum absolute atomic E-state index is 8.66. The quantitative estimate of drug-likeness (QED) is 0.781. The third kappa shape index (κ3) is 2.43. The number of rotatable bonds is 4. The number of hydrogen-bond acceptors (Lipinski definition) is 2. The van der Waals surface area contributed by atoms with Crippen LogP contribution in [-0.2, 0) is 0 Å². The van der Waals surface area contributed by atoms with Crippen LogP contribution in [0.15, 0.2) is 24.3 Å². The van der Waals surface area contributed by atoms with Gasteiger partial charge in [-0.05, 0) is 25.0 Å². The van der Waals surface area contributed by atoms with E-state index in [9.17, 15) is 0 Å². The summed E-state index contributed by atoms with van der Waals surface area (Å²) >= 11 is 5.96. The van der Waals surface area contributed by atoms with E-state index < -0.39 is 0 Å². The van der Waals surface area contributed by atoms with Crippen LogP contribution in [-0.4, -0.2) is 6.61 Å². The van der Waals surface area contributed by atoms with E-state index in [2.05, 4.69) is 6.07 Å². The van der Waals surface area contributed by atoms with Crippen molar-refractivity contribution >= 4 is 11.6 Å². The molecule has 3 heteroatoms. The van der Waals surface area contributed by atoms with Gasteiger partial charge in [0.1, 0.15) is 5.75 Å². The largest absolute Gasteiger partial charge is 0.491 e. The van der Waals surface area contributed by atoms with Crippen molar-refractivity contribution in [2.75, 3.05) is 6.61 Å². The van der Waals surface area contributed by atoms with E-state index >= 15 is 0 Å². The maximum Gasteiger partial charge on any atom is 0.137 e. The SMILES string of the molecule is N#CCC1(COc2ccccc2Cl)CC1. The average Bonchev–Trinajstić information content (AvgIpc) is 2.98. The molecule has 0 spiro atoms. The van der Waals surface area contributed by atoms with Crippen molar-refractivity contribution in [2.45, 2.75) is 19.3 Å². The van der Waals surface area contributed by atoms with Gasteiger partial charge in [-0.1, -0.05) is 23.7 Å². The van der Waals surface area contributed by atoms with Crippen LogP contribution >= 0.6 is 11.6 Å². The molecule has 0 radical (unpaired) electrons. The van der Waals surface area contributed by atoms with Crippen molar-refractivity contribution in [3.8, 4) is 11.8 Å². The number of benzene rings is 1. The van der Waals surface area contributed by atoms with E-state index in [1.165, 1.54) is 0 Å². The molecule has 15 heavy (non-hydrogen) atoms. The first-order chi connectivity index (χ1) is 7.26. The summed E-state index contributed by atoms with van der Waals surface area (Å²) < 4.78 is 5.63. The molecule has 1 aliphatic carbocycles. The Morgan fingerprint density at radius 2 is 2.13 bits per heavy atom. The zero-order valence-electron chi connectivity index (χ0n) is 8.37. The molecule has 1 aliphatic rings. The molecule has 0 atom stereocenters. The molecule has 0 aromatic heterocycles. The normalized spacial score (nSPS) is 16.8. The first-order valence-electron chi connectivity index (χ1n) is 5.00. The monoisotopic (exact) mass is 221 g/mol. The molecule has 0 N–H and O–H groups in total. The molecule has 0 amide bonds. The Labute approximate surface area is 94.4 Å². The second-order valence-electron chi connectivity index (χ2n) is 4.05. The highest BCUT2D eigenvalue weighted by molar-refractivity contribution is 6.32. The summed E-state index contributed by atoms with van der Waals surface area (Å²) in [6.07, 6.45) is 2.76. The van der Waals surface area contributed by atoms with Gasteiger partial charge in [0, 0.05) is 11.8 Å². The van der Waals surface area contributed by atoms with Crippen molar-refractivity contribution in [1.82, 2.24) is 0 Å². The molecule has 0 heterocycles. The summed E-state index contributed by atoms with van der Waals surface area (Å²) in [7, 11) is 0. The first kappa shape index (κ1) is 10.3. The lowest BCUT2D eigenvalue weighted by atomic mass is 10.1. The van der Waals surface area contributed by atoms with Crippen molar-refractivity contribution in [3.05, 3.63) is 29.3 Å². The van der Waals surface area contributed by atoms with Gasteiger partial charge in [-0.15, -0.1) is 0 Å². The Bertz CT molecular complexity index is 393. The van der Waals surface area contributed by atoms with Crippen LogP contribution < -0.4 is 4.74 Å². The van der Waals surface area contributed by atoms with Crippen molar-refractivity contribution in [2.24, 2.45) is 5.41 Å². The summed E-state index contributed by atoms with van der Waals surface area (Å²) in [5.41, 5.74) is 0.105. The summed E-state index contributed by atoms with van der Waals surface area (Å²) in [6, 6.07) is 9.63. The van der Waals surface area contributed by atoms with Gasteiger partial charge < -0.3 is 4.74 Å². The Morgan fingerprint density at radius 3 is 2.73 bits per heavy atom. The second kappa shape index (κ2) is 4.12. The van der Waals surface area contributed by atoms with E-state index in [0.717, 1.165) is 12.8 Å². The molecule has 1 aromatic carbocycles. The number of hydrogen-bond donors (Lipinski definition) is 0. The predicted octanol–water partition coefficient (Wildman–Crippen LogP) is 3.41. The van der Waals surface area contributed by atoms with Crippen LogP contribution in [0, 0.1) is 16.7 Å². The summed E-state index contributed by atoms with van der Waals surface area (Å²) in [6.45, 7) is 0.601. The van der Waals surface area contributed by atoms with Gasteiger partial charge in [-0.3, -0.25) is 0 Å². The molecular formula is C12H12ClNO. The number of nitriles is 1. The van der Waals surface area contributed by atoms with Gasteiger partial charge in [0.2, 0.25) is 0 Å². The van der Waals surface area contributed by atoms with Crippen LogP contribution in [0.25, 0.3) is 0 Å². The molecule has 78 valence electrons. The van der Waals surface area contributed by atoms with Gasteiger partial charge in [0.05, 0.1) is 17.7 Å². The third-order valence-corrected chi connectivity index (χ3v) is 3.09. The molecule has 2 nitrogen and oxygen atoms in total. The van der Waals surface area contributed by atoms with Crippen LogP contribution in [0.3, 0.4) is 0 Å². The van der Waals surface area contributed by atoms with E-state index in [0.29, 0.717) is 23.8 Å². The molecule has 0 unspecified atom stereocenters. The van der Waals surface area contributed by atoms with E-state index in [4.69, 9.17) is 21.6 Å². The number of para-hydroxylation sites is 1. The second-order valence-corrected chi connectivity index (χ2v) is 4.46. The van der Waals surface area contributed by atoms with Gasteiger partial charge in [0.15, 0.2) is 0 Å². The minimum atomic E-state index is 0.105.